The molecule has 2 aliphatic rings. The first kappa shape index (κ1) is 16.8. The highest BCUT2D eigenvalue weighted by atomic mass is 16.2. The Morgan fingerprint density at radius 3 is 2.35 bits per heavy atom. The maximum atomic E-state index is 13.0. The fourth-order valence-corrected chi connectivity index (χ4v) is 4.10. The molecule has 0 N–H and O–H groups in total. The Kier molecular flexibility index (Phi) is 4.45. The van der Waals surface area contributed by atoms with Gasteiger partial charge in [0.05, 0.1) is 17.7 Å². The first-order valence-corrected chi connectivity index (χ1v) is 9.22. The van der Waals surface area contributed by atoms with E-state index in [9.17, 15) is 9.59 Å². The number of nitrogens with zero attached hydrogens (tertiary/aromatic N) is 3. The molecule has 0 saturated carbocycles. The largest absolute Gasteiger partial charge is 0.339 e. The average Bonchev–Trinajstić information content (AvgIpc) is 2.99. The summed E-state index contributed by atoms with van der Waals surface area (Å²) in [7, 11) is 0. The number of hydrogen-bond acceptors (Lipinski definition) is 3. The summed E-state index contributed by atoms with van der Waals surface area (Å²) < 4.78 is 0. The summed E-state index contributed by atoms with van der Waals surface area (Å²) in [6.45, 7) is 2.66. The molecule has 5 nitrogen and oxygen atoms in total. The highest BCUT2D eigenvalue weighted by Gasteiger charge is 2.48. The summed E-state index contributed by atoms with van der Waals surface area (Å²) in [6, 6.07) is 15.2. The van der Waals surface area contributed by atoms with Crippen molar-refractivity contribution in [2.24, 2.45) is 5.41 Å². The molecule has 0 radical (unpaired) electrons. The lowest BCUT2D eigenvalue weighted by molar-refractivity contribution is -0.138. The van der Waals surface area contributed by atoms with Crippen molar-refractivity contribution in [1.29, 1.82) is 0 Å². The van der Waals surface area contributed by atoms with Crippen LogP contribution < -0.4 is 0 Å². The molecule has 2 aliphatic heterocycles. The lowest BCUT2D eigenvalue weighted by atomic mass is 9.77. The van der Waals surface area contributed by atoms with Gasteiger partial charge >= 0.3 is 0 Å². The normalized spacial score (nSPS) is 19.2. The van der Waals surface area contributed by atoms with Crippen LogP contribution in [0.2, 0.25) is 0 Å². The van der Waals surface area contributed by atoms with Crippen molar-refractivity contribution < 1.29 is 9.59 Å². The standard InChI is InChI=1S/C21H23N3O2/c25-19(17-6-2-1-3-7-17)23-13-9-21(10-14-23)11-15-24(20(21)26)16-18-8-4-5-12-22-18/h1-8,12H,9-11,13-16H2. The Bertz CT molecular complexity index is 783. The second-order valence-electron chi connectivity index (χ2n) is 7.24. The fourth-order valence-electron chi connectivity index (χ4n) is 4.10. The van der Waals surface area contributed by atoms with Crippen LogP contribution in [-0.4, -0.2) is 46.2 Å². The van der Waals surface area contributed by atoms with E-state index in [1.807, 2.05) is 58.3 Å². The predicted octanol–water partition coefficient (Wildman–Crippen LogP) is 2.74. The van der Waals surface area contributed by atoms with Crippen LogP contribution in [0.25, 0.3) is 0 Å². The second-order valence-corrected chi connectivity index (χ2v) is 7.24. The smallest absolute Gasteiger partial charge is 0.253 e. The number of rotatable bonds is 3. The third-order valence-electron chi connectivity index (χ3n) is 5.71. The summed E-state index contributed by atoms with van der Waals surface area (Å²) in [6.07, 6.45) is 4.15. The van der Waals surface area contributed by atoms with Crippen LogP contribution in [0.3, 0.4) is 0 Å². The van der Waals surface area contributed by atoms with Crippen molar-refractivity contribution in [1.82, 2.24) is 14.8 Å². The Labute approximate surface area is 153 Å². The van der Waals surface area contributed by atoms with Crippen molar-refractivity contribution in [3.63, 3.8) is 0 Å². The molecule has 0 bridgehead atoms. The fraction of sp³-hybridized carbons (Fsp3) is 0.381. The lowest BCUT2D eigenvalue weighted by Crippen LogP contribution is -2.46. The van der Waals surface area contributed by atoms with Gasteiger partial charge in [-0.1, -0.05) is 24.3 Å². The third-order valence-corrected chi connectivity index (χ3v) is 5.71. The SMILES string of the molecule is O=C(c1ccccc1)N1CCC2(CC1)CCN(Cc1ccccn1)C2=O. The minimum absolute atomic E-state index is 0.0660. The number of carbonyl (C=O) groups is 2. The molecule has 0 unspecified atom stereocenters. The second kappa shape index (κ2) is 6.90. The molecule has 2 fully saturated rings. The minimum atomic E-state index is -0.289. The topological polar surface area (TPSA) is 53.5 Å². The number of benzene rings is 1. The number of pyridine rings is 1. The van der Waals surface area contributed by atoms with Gasteiger partial charge in [-0.3, -0.25) is 14.6 Å². The monoisotopic (exact) mass is 349 g/mol. The van der Waals surface area contributed by atoms with Crippen molar-refractivity contribution in [3.8, 4) is 0 Å². The maximum absolute atomic E-state index is 13.0. The number of hydrogen-bond donors (Lipinski definition) is 0. The van der Waals surface area contributed by atoms with Gasteiger partial charge in [-0.25, -0.2) is 0 Å². The minimum Gasteiger partial charge on any atom is -0.339 e. The van der Waals surface area contributed by atoms with E-state index in [4.69, 9.17) is 0 Å². The Hall–Kier alpha value is -2.69. The molecule has 0 aliphatic carbocycles. The summed E-state index contributed by atoms with van der Waals surface area (Å²) in [5.41, 5.74) is 1.36. The van der Waals surface area contributed by atoms with E-state index in [1.54, 1.807) is 6.20 Å². The molecule has 3 heterocycles. The van der Waals surface area contributed by atoms with E-state index in [-0.39, 0.29) is 17.2 Å². The Morgan fingerprint density at radius 1 is 0.962 bits per heavy atom. The van der Waals surface area contributed by atoms with E-state index in [1.165, 1.54) is 0 Å². The predicted molar refractivity (Wildman–Crippen MR) is 98.3 cm³/mol. The zero-order valence-corrected chi connectivity index (χ0v) is 14.8. The molecule has 1 aromatic carbocycles. The molecule has 1 aromatic heterocycles. The van der Waals surface area contributed by atoms with Gasteiger partial charge in [-0.05, 0) is 43.5 Å². The first-order valence-electron chi connectivity index (χ1n) is 9.22. The Morgan fingerprint density at radius 2 is 1.65 bits per heavy atom. The van der Waals surface area contributed by atoms with Crippen LogP contribution in [0.5, 0.6) is 0 Å². The zero-order chi connectivity index (χ0) is 18.0. The highest BCUT2D eigenvalue weighted by molar-refractivity contribution is 5.94. The molecule has 5 heteroatoms. The summed E-state index contributed by atoms with van der Waals surface area (Å²) in [5.74, 6) is 0.297. The zero-order valence-electron chi connectivity index (χ0n) is 14.8. The molecule has 1 spiro atoms. The van der Waals surface area contributed by atoms with Gasteiger partial charge in [0.25, 0.3) is 5.91 Å². The van der Waals surface area contributed by atoms with E-state index in [2.05, 4.69) is 4.98 Å². The number of aromatic nitrogens is 1. The molecule has 2 saturated heterocycles. The van der Waals surface area contributed by atoms with Gasteiger partial charge in [0.15, 0.2) is 0 Å². The number of amides is 2. The molecule has 26 heavy (non-hydrogen) atoms. The maximum Gasteiger partial charge on any atom is 0.253 e. The summed E-state index contributed by atoms with van der Waals surface area (Å²) in [4.78, 5) is 33.8. The van der Waals surface area contributed by atoms with E-state index < -0.39 is 0 Å². The molecule has 4 rings (SSSR count). The molecular weight excluding hydrogens is 326 g/mol. The average molecular weight is 349 g/mol. The molecule has 134 valence electrons. The van der Waals surface area contributed by atoms with Crippen LogP contribution in [0.4, 0.5) is 0 Å². The van der Waals surface area contributed by atoms with E-state index in [0.29, 0.717) is 19.6 Å². The van der Waals surface area contributed by atoms with Gasteiger partial charge in [0, 0.05) is 31.4 Å². The van der Waals surface area contributed by atoms with E-state index in [0.717, 1.165) is 37.1 Å². The number of piperidine rings is 1. The summed E-state index contributed by atoms with van der Waals surface area (Å²) in [5, 5.41) is 0. The highest BCUT2D eigenvalue weighted by Crippen LogP contribution is 2.42. The third kappa shape index (κ3) is 3.09. The number of carbonyl (C=O) groups excluding carboxylic acids is 2. The van der Waals surface area contributed by atoms with Crippen LogP contribution in [0.1, 0.15) is 35.3 Å². The van der Waals surface area contributed by atoms with Gasteiger partial charge < -0.3 is 9.80 Å². The van der Waals surface area contributed by atoms with Gasteiger partial charge in [0.1, 0.15) is 0 Å². The molecule has 2 amide bonds. The molecule has 0 atom stereocenters. The quantitative estimate of drug-likeness (QED) is 0.856. The van der Waals surface area contributed by atoms with Crippen LogP contribution in [0.15, 0.2) is 54.7 Å². The molecule has 2 aromatic rings. The molecular formula is C21H23N3O2. The van der Waals surface area contributed by atoms with Gasteiger partial charge in [-0.15, -0.1) is 0 Å². The van der Waals surface area contributed by atoms with Crippen molar-refractivity contribution >= 4 is 11.8 Å². The van der Waals surface area contributed by atoms with Crippen LogP contribution >= 0.6 is 0 Å². The van der Waals surface area contributed by atoms with Crippen molar-refractivity contribution in [2.45, 2.75) is 25.8 Å². The van der Waals surface area contributed by atoms with Crippen LogP contribution in [0, 0.1) is 5.41 Å². The van der Waals surface area contributed by atoms with Gasteiger partial charge in [-0.2, -0.15) is 0 Å². The van der Waals surface area contributed by atoms with Crippen molar-refractivity contribution in [3.05, 3.63) is 66.0 Å². The Balaban J connectivity index is 1.39. The summed E-state index contributed by atoms with van der Waals surface area (Å²) >= 11 is 0. The first-order chi connectivity index (χ1) is 12.7. The van der Waals surface area contributed by atoms with E-state index >= 15 is 0 Å². The van der Waals surface area contributed by atoms with Crippen LogP contribution in [-0.2, 0) is 11.3 Å². The van der Waals surface area contributed by atoms with Gasteiger partial charge in [0.2, 0.25) is 5.91 Å². The number of likely N-dealkylation sites (tertiary alicyclic amines) is 2. The lowest BCUT2D eigenvalue weighted by Gasteiger charge is -2.38. The van der Waals surface area contributed by atoms with Crippen molar-refractivity contribution in [2.75, 3.05) is 19.6 Å².